The van der Waals surface area contributed by atoms with E-state index in [-0.39, 0.29) is 23.2 Å². The lowest BCUT2D eigenvalue weighted by Crippen LogP contribution is -2.38. The highest BCUT2D eigenvalue weighted by atomic mass is 32.2. The predicted octanol–water partition coefficient (Wildman–Crippen LogP) is 5.90. The van der Waals surface area contributed by atoms with Crippen molar-refractivity contribution in [1.29, 1.82) is 0 Å². The van der Waals surface area contributed by atoms with Crippen LogP contribution in [-0.2, 0) is 16.4 Å². The fraction of sp³-hybridized carbons (Fsp3) is 0.484. The molecule has 0 unspecified atom stereocenters. The van der Waals surface area contributed by atoms with Gasteiger partial charge in [-0.3, -0.25) is 0 Å². The maximum absolute atomic E-state index is 13.6. The number of halogens is 3. The number of fused-ring (bicyclic) bond motifs is 1. The third-order valence-electron chi connectivity index (χ3n) is 8.18. The smallest absolute Gasteiger partial charge is 0.406 e. The van der Waals surface area contributed by atoms with Crippen LogP contribution in [0.25, 0.3) is 10.9 Å². The van der Waals surface area contributed by atoms with Crippen LogP contribution < -0.4 is 15.4 Å². The van der Waals surface area contributed by atoms with E-state index in [1.54, 1.807) is 24.3 Å². The minimum absolute atomic E-state index is 0.119. The Bertz CT molecular complexity index is 1580. The Morgan fingerprint density at radius 3 is 2.43 bits per heavy atom. The maximum Gasteiger partial charge on any atom is 0.406 e. The van der Waals surface area contributed by atoms with E-state index in [0.29, 0.717) is 23.0 Å². The molecule has 42 heavy (non-hydrogen) atoms. The molecule has 2 fully saturated rings. The molecule has 2 heterocycles. The van der Waals surface area contributed by atoms with Crippen LogP contribution in [0.5, 0.6) is 5.75 Å². The first kappa shape index (κ1) is 30.1. The fourth-order valence-corrected chi connectivity index (χ4v) is 6.73. The molecule has 2 aliphatic rings. The van der Waals surface area contributed by atoms with Crippen LogP contribution in [0.1, 0.15) is 44.2 Å². The number of hydrogen-bond donors (Lipinski definition) is 2. The number of nitrogens with one attached hydrogen (secondary N) is 2. The summed E-state index contributed by atoms with van der Waals surface area (Å²) in [5.74, 6) is 6.16. The van der Waals surface area contributed by atoms with Gasteiger partial charge in [0, 0.05) is 35.5 Å². The van der Waals surface area contributed by atoms with Crippen LogP contribution in [0.3, 0.4) is 0 Å². The van der Waals surface area contributed by atoms with Gasteiger partial charge in [-0.2, -0.15) is 13.2 Å². The van der Waals surface area contributed by atoms with Crippen molar-refractivity contribution in [3.8, 4) is 17.6 Å². The normalized spacial score (nSPS) is 19.8. The van der Waals surface area contributed by atoms with Gasteiger partial charge in [-0.05, 0) is 87.9 Å². The molecule has 0 spiro atoms. The van der Waals surface area contributed by atoms with Gasteiger partial charge in [0.2, 0.25) is 0 Å². The van der Waals surface area contributed by atoms with E-state index < -0.39 is 22.6 Å². The van der Waals surface area contributed by atoms with Crippen LogP contribution >= 0.6 is 0 Å². The number of aromatic nitrogens is 1. The van der Waals surface area contributed by atoms with Gasteiger partial charge >= 0.3 is 6.18 Å². The fourth-order valence-electron chi connectivity index (χ4n) is 6.10. The number of nitrogens with zero attached hydrogens (tertiary/aromatic N) is 2. The molecule has 1 saturated heterocycles. The molecule has 0 bridgehead atoms. The van der Waals surface area contributed by atoms with Gasteiger partial charge in [-0.15, -0.1) is 0 Å². The molecule has 2 N–H and O–H groups in total. The Labute approximate surface area is 245 Å². The van der Waals surface area contributed by atoms with Crippen molar-refractivity contribution < 1.29 is 26.3 Å². The number of ether oxygens (including phenoxy) is 1. The molecule has 1 saturated carbocycles. The Morgan fingerprint density at radius 1 is 1.02 bits per heavy atom. The second-order valence-corrected chi connectivity index (χ2v) is 13.2. The molecule has 7 nitrogen and oxygen atoms in total. The highest BCUT2D eigenvalue weighted by Crippen LogP contribution is 2.33. The van der Waals surface area contributed by atoms with E-state index >= 15 is 0 Å². The summed E-state index contributed by atoms with van der Waals surface area (Å²) in [5, 5.41) is 7.41. The van der Waals surface area contributed by atoms with Gasteiger partial charge < -0.3 is 24.8 Å². The highest BCUT2D eigenvalue weighted by Gasteiger charge is 2.31. The lowest BCUT2D eigenvalue weighted by molar-refractivity contribution is -0.140. The van der Waals surface area contributed by atoms with E-state index in [0.717, 1.165) is 43.0 Å². The molecule has 5 rings (SSSR count). The minimum Gasteiger partial charge on any atom is -0.495 e. The predicted molar refractivity (Wildman–Crippen MR) is 160 cm³/mol. The van der Waals surface area contributed by atoms with Crippen molar-refractivity contribution in [1.82, 2.24) is 9.47 Å². The molecule has 3 aromatic rings. The SMILES string of the molecule is COc1cc(S(C)(=O)=O)ccc1NCC#Cc1cc2c(N[C@H]3CC[C@H](N4CCCC4)CC3)cccc2n1CC(F)(F)F. The highest BCUT2D eigenvalue weighted by molar-refractivity contribution is 7.90. The molecule has 1 aliphatic heterocycles. The average molecular weight is 603 g/mol. The van der Waals surface area contributed by atoms with E-state index in [9.17, 15) is 21.6 Å². The topological polar surface area (TPSA) is 75.6 Å². The zero-order valence-corrected chi connectivity index (χ0v) is 24.7. The third kappa shape index (κ3) is 7.16. The number of hydrogen-bond acceptors (Lipinski definition) is 6. The minimum atomic E-state index is -4.41. The van der Waals surface area contributed by atoms with Gasteiger partial charge in [0.25, 0.3) is 0 Å². The summed E-state index contributed by atoms with van der Waals surface area (Å²) < 4.78 is 71.1. The number of likely N-dealkylation sites (tertiary alicyclic amines) is 1. The van der Waals surface area contributed by atoms with E-state index in [1.165, 1.54) is 49.7 Å². The van der Waals surface area contributed by atoms with Crippen LogP contribution in [0.4, 0.5) is 24.5 Å². The van der Waals surface area contributed by atoms with Crippen LogP contribution in [0.15, 0.2) is 47.4 Å². The summed E-state index contributed by atoms with van der Waals surface area (Å²) in [6.07, 6.45) is 3.60. The van der Waals surface area contributed by atoms with Crippen molar-refractivity contribution in [3.63, 3.8) is 0 Å². The Hall–Kier alpha value is -3.36. The first-order valence-corrected chi connectivity index (χ1v) is 16.2. The standard InChI is InChI=1S/C31H37F3N4O3S/c1-41-30-20-25(42(2,39)40)14-15-28(30)35-16-6-7-24-19-26-27(8-5-9-29(26)38(24)21-31(32,33)34)36-22-10-12-23(13-11-22)37-17-3-4-18-37/h5,8-9,14-15,19-20,22-23,35-36H,3-4,10-13,16-18,21H2,1-2H3/t22-,23-. The molecule has 0 atom stereocenters. The number of anilines is 2. The molecule has 2 aromatic carbocycles. The second-order valence-electron chi connectivity index (χ2n) is 11.2. The Morgan fingerprint density at radius 2 is 1.76 bits per heavy atom. The molecule has 1 aliphatic carbocycles. The largest absolute Gasteiger partial charge is 0.495 e. The number of methoxy groups -OCH3 is 1. The quantitative estimate of drug-likeness (QED) is 0.313. The summed E-state index contributed by atoms with van der Waals surface area (Å²) >= 11 is 0. The Kier molecular flexibility index (Phi) is 8.94. The summed E-state index contributed by atoms with van der Waals surface area (Å²) in [7, 11) is -1.97. The van der Waals surface area contributed by atoms with Crippen molar-refractivity contribution in [2.24, 2.45) is 0 Å². The lowest BCUT2D eigenvalue weighted by Gasteiger charge is -2.35. The zero-order valence-electron chi connectivity index (χ0n) is 23.9. The van der Waals surface area contributed by atoms with Crippen molar-refractivity contribution in [2.75, 3.05) is 43.6 Å². The zero-order chi connectivity index (χ0) is 29.9. The van der Waals surface area contributed by atoms with E-state index in [1.807, 2.05) is 6.07 Å². The van der Waals surface area contributed by atoms with Gasteiger partial charge in [-0.1, -0.05) is 12.0 Å². The van der Waals surface area contributed by atoms with Gasteiger partial charge in [0.05, 0.1) is 35.4 Å². The second kappa shape index (κ2) is 12.5. The molecule has 1 aromatic heterocycles. The first-order valence-electron chi connectivity index (χ1n) is 14.3. The summed E-state index contributed by atoms with van der Waals surface area (Å²) in [4.78, 5) is 2.73. The molecule has 0 radical (unpaired) electrons. The van der Waals surface area contributed by atoms with E-state index in [2.05, 4.69) is 27.4 Å². The van der Waals surface area contributed by atoms with Gasteiger partial charge in [0.1, 0.15) is 12.3 Å². The Balaban J connectivity index is 1.34. The molecule has 226 valence electrons. The van der Waals surface area contributed by atoms with E-state index in [4.69, 9.17) is 4.74 Å². The van der Waals surface area contributed by atoms with Gasteiger partial charge in [-0.25, -0.2) is 8.42 Å². The van der Waals surface area contributed by atoms with Crippen molar-refractivity contribution >= 4 is 32.1 Å². The van der Waals surface area contributed by atoms with Gasteiger partial charge in [0.15, 0.2) is 9.84 Å². The maximum atomic E-state index is 13.6. The number of rotatable bonds is 8. The number of alkyl halides is 3. The molecule has 11 heteroatoms. The van der Waals surface area contributed by atoms with Crippen LogP contribution in [0.2, 0.25) is 0 Å². The van der Waals surface area contributed by atoms with Crippen molar-refractivity contribution in [2.45, 2.75) is 68.2 Å². The number of sulfone groups is 1. The third-order valence-corrected chi connectivity index (χ3v) is 9.29. The molecule has 0 amide bonds. The number of benzene rings is 2. The van der Waals surface area contributed by atoms with Crippen LogP contribution in [-0.4, -0.2) is 69.1 Å². The monoisotopic (exact) mass is 602 g/mol. The van der Waals surface area contributed by atoms with Crippen molar-refractivity contribution in [3.05, 3.63) is 48.2 Å². The van der Waals surface area contributed by atoms with Crippen LogP contribution in [0, 0.1) is 11.8 Å². The summed E-state index contributed by atoms with van der Waals surface area (Å²) in [6.45, 7) is 1.36. The summed E-state index contributed by atoms with van der Waals surface area (Å²) in [5.41, 5.74) is 2.12. The first-order chi connectivity index (χ1) is 20.0. The average Bonchev–Trinajstić information content (AvgIpc) is 3.60. The molecular weight excluding hydrogens is 565 g/mol. The lowest BCUT2D eigenvalue weighted by atomic mass is 9.90. The molecular formula is C31H37F3N4O3S. The summed E-state index contributed by atoms with van der Waals surface area (Å²) in [6, 6.07) is 12.5.